The van der Waals surface area contributed by atoms with Gasteiger partial charge in [-0.15, -0.1) is 0 Å². The molecule has 2 atom stereocenters. The van der Waals surface area contributed by atoms with Gasteiger partial charge in [0, 0.05) is 29.6 Å². The average molecular weight is 383 g/mol. The van der Waals surface area contributed by atoms with E-state index >= 15 is 0 Å². The molecule has 0 amide bonds. The Morgan fingerprint density at radius 2 is 1.12 bits per heavy atom. The van der Waals surface area contributed by atoms with E-state index in [1.165, 1.54) is 70.6 Å². The predicted octanol–water partition coefficient (Wildman–Crippen LogP) is 4.95. The van der Waals surface area contributed by atoms with Crippen molar-refractivity contribution >= 4 is 47.6 Å². The van der Waals surface area contributed by atoms with Crippen LogP contribution in [0.2, 0.25) is 0 Å². The topological polar surface area (TPSA) is 54.4 Å². The van der Waals surface area contributed by atoms with Crippen molar-refractivity contribution in [2.45, 2.75) is 112 Å². The molecule has 0 spiro atoms. The molecule has 3 rings (SSSR count). The Bertz CT molecular complexity index is 455. The maximum absolute atomic E-state index is 11.7. The smallest absolute Gasteiger partial charge is 0.267 e. The Balaban J connectivity index is 0.00000208. The summed E-state index contributed by atoms with van der Waals surface area (Å²) in [5.41, 5.74) is 2.36. The Labute approximate surface area is 171 Å². The minimum absolute atomic E-state index is 0. The van der Waals surface area contributed by atoms with E-state index in [0.717, 1.165) is 24.2 Å². The van der Waals surface area contributed by atoms with Crippen molar-refractivity contribution in [2.75, 3.05) is 0 Å². The normalized spacial score (nSPS) is 30.9. The molecule has 3 aliphatic carbocycles. The summed E-state index contributed by atoms with van der Waals surface area (Å²) in [6.07, 6.45) is 17.5. The van der Waals surface area contributed by atoms with Gasteiger partial charge in [0.1, 0.15) is 0 Å². The van der Waals surface area contributed by atoms with Crippen LogP contribution < -0.4 is 0 Å². The van der Waals surface area contributed by atoms with Crippen LogP contribution in [0, 0.1) is 0 Å². The first-order valence-electron chi connectivity index (χ1n) is 9.79. The first-order chi connectivity index (χ1) is 11.1. The molecule has 1 N–H and O–H groups in total. The van der Waals surface area contributed by atoms with E-state index in [0.29, 0.717) is 12.1 Å². The van der Waals surface area contributed by atoms with Gasteiger partial charge in [0.25, 0.3) is 10.1 Å². The molecular weight excluding hydrogens is 350 g/mol. The SMILES string of the molecule is O=S(=O)(O)C1CCCC(P(C2CCCCC2)C2CCCCC2)C1.[Na]. The van der Waals surface area contributed by atoms with Crippen LogP contribution in [0.15, 0.2) is 0 Å². The molecule has 0 bridgehead atoms. The van der Waals surface area contributed by atoms with Gasteiger partial charge in [-0.25, -0.2) is 0 Å². The third-order valence-corrected chi connectivity index (χ3v) is 11.7. The second-order valence-corrected chi connectivity index (χ2v) is 12.8. The van der Waals surface area contributed by atoms with Gasteiger partial charge < -0.3 is 0 Å². The summed E-state index contributed by atoms with van der Waals surface area (Å²) in [6.45, 7) is 0. The molecule has 1 radical (unpaired) electrons. The summed E-state index contributed by atoms with van der Waals surface area (Å²) in [5, 5.41) is -0.474. The predicted molar refractivity (Wildman–Crippen MR) is 104 cm³/mol. The maximum Gasteiger partial charge on any atom is 0.267 e. The van der Waals surface area contributed by atoms with Crippen molar-refractivity contribution in [2.24, 2.45) is 0 Å². The van der Waals surface area contributed by atoms with Crippen molar-refractivity contribution in [3.8, 4) is 0 Å². The zero-order valence-electron chi connectivity index (χ0n) is 15.3. The van der Waals surface area contributed by atoms with Crippen LogP contribution in [0.1, 0.15) is 89.9 Å². The van der Waals surface area contributed by atoms with Crippen LogP contribution in [0.25, 0.3) is 0 Å². The van der Waals surface area contributed by atoms with Gasteiger partial charge in [-0.1, -0.05) is 52.9 Å². The summed E-state index contributed by atoms with van der Waals surface area (Å²) in [4.78, 5) is 0. The molecule has 3 fully saturated rings. The Kier molecular flexibility index (Phi) is 9.05. The number of hydrogen-bond donors (Lipinski definition) is 1. The molecule has 0 aromatic carbocycles. The third-order valence-electron chi connectivity index (χ3n) is 6.43. The van der Waals surface area contributed by atoms with Gasteiger partial charge in [0.15, 0.2) is 0 Å². The first kappa shape index (κ1) is 21.6. The van der Waals surface area contributed by atoms with Crippen LogP contribution in [-0.4, -0.2) is 64.8 Å². The molecule has 3 aliphatic rings. The third kappa shape index (κ3) is 5.67. The number of rotatable bonds is 4. The summed E-state index contributed by atoms with van der Waals surface area (Å²) in [7, 11) is -3.91. The van der Waals surface area contributed by atoms with E-state index in [1.54, 1.807) is 0 Å². The van der Waals surface area contributed by atoms with Gasteiger partial charge in [0.2, 0.25) is 0 Å². The van der Waals surface area contributed by atoms with Crippen LogP contribution in [-0.2, 0) is 10.1 Å². The van der Waals surface area contributed by atoms with E-state index in [1.807, 2.05) is 0 Å². The van der Waals surface area contributed by atoms with E-state index in [4.69, 9.17) is 0 Å². The van der Waals surface area contributed by atoms with Gasteiger partial charge in [-0.05, 0) is 61.9 Å². The van der Waals surface area contributed by atoms with Crippen molar-refractivity contribution in [1.29, 1.82) is 0 Å². The molecule has 0 heterocycles. The fourth-order valence-electron chi connectivity index (χ4n) is 5.31. The minimum atomic E-state index is -3.84. The van der Waals surface area contributed by atoms with E-state index < -0.39 is 15.4 Å². The fourth-order valence-corrected chi connectivity index (χ4v) is 11.1. The molecule has 2 unspecified atom stereocenters. The molecule has 0 aliphatic heterocycles. The Morgan fingerprint density at radius 3 is 1.58 bits per heavy atom. The molecule has 3 nitrogen and oxygen atoms in total. The summed E-state index contributed by atoms with van der Waals surface area (Å²) < 4.78 is 32.9. The van der Waals surface area contributed by atoms with E-state index in [2.05, 4.69) is 0 Å². The molecule has 135 valence electrons. The van der Waals surface area contributed by atoms with Crippen LogP contribution in [0.5, 0.6) is 0 Å². The van der Waals surface area contributed by atoms with Gasteiger partial charge in [0.05, 0.1) is 5.25 Å². The Morgan fingerprint density at radius 1 is 0.667 bits per heavy atom. The quantitative estimate of drug-likeness (QED) is 0.424. The summed E-state index contributed by atoms with van der Waals surface area (Å²) in [6, 6.07) is 0. The van der Waals surface area contributed by atoms with Crippen molar-refractivity contribution in [1.82, 2.24) is 0 Å². The van der Waals surface area contributed by atoms with Crippen LogP contribution in [0.4, 0.5) is 0 Å². The number of hydrogen-bond acceptors (Lipinski definition) is 2. The molecular formula is C18H33NaO3PS. The monoisotopic (exact) mass is 383 g/mol. The molecule has 6 heteroatoms. The summed E-state index contributed by atoms with van der Waals surface area (Å²) >= 11 is 0. The standard InChI is InChI=1S/C18H33O3PS.Na/c19-23(20,21)18-13-7-12-17(14-18)22(15-8-3-1-4-9-15)16-10-5-2-6-11-16;/h15-18H,1-14H2,(H,19,20,21);. The molecule has 0 aromatic heterocycles. The first-order valence-corrected chi connectivity index (χ1v) is 12.8. The zero-order chi connectivity index (χ0) is 16.3. The van der Waals surface area contributed by atoms with Gasteiger partial charge in [-0.3, -0.25) is 4.55 Å². The Hall–Kier alpha value is 1.34. The van der Waals surface area contributed by atoms with Crippen LogP contribution >= 0.6 is 7.92 Å². The largest absolute Gasteiger partial charge is 0.285 e. The van der Waals surface area contributed by atoms with E-state index in [-0.39, 0.29) is 37.5 Å². The molecule has 0 saturated heterocycles. The summed E-state index contributed by atoms with van der Waals surface area (Å²) in [5.74, 6) is 0. The molecule has 24 heavy (non-hydrogen) atoms. The average Bonchev–Trinajstić information content (AvgIpc) is 2.57. The van der Waals surface area contributed by atoms with Crippen molar-refractivity contribution < 1.29 is 13.0 Å². The zero-order valence-corrected chi connectivity index (χ0v) is 19.0. The fraction of sp³-hybridized carbons (Fsp3) is 1.00. The second kappa shape index (κ2) is 10.0. The second-order valence-electron chi connectivity index (χ2n) is 7.99. The van der Waals surface area contributed by atoms with Gasteiger partial charge >= 0.3 is 0 Å². The van der Waals surface area contributed by atoms with E-state index in [9.17, 15) is 13.0 Å². The minimum Gasteiger partial charge on any atom is -0.285 e. The molecule has 0 aromatic rings. The van der Waals surface area contributed by atoms with Gasteiger partial charge in [-0.2, -0.15) is 8.42 Å². The van der Waals surface area contributed by atoms with Crippen molar-refractivity contribution in [3.05, 3.63) is 0 Å². The van der Waals surface area contributed by atoms with Crippen LogP contribution in [0.3, 0.4) is 0 Å². The molecule has 3 saturated carbocycles. The maximum atomic E-state index is 11.7. The van der Waals surface area contributed by atoms with Crippen molar-refractivity contribution in [3.63, 3.8) is 0 Å².